The van der Waals surface area contributed by atoms with Crippen LogP contribution in [0.4, 0.5) is 0 Å². The van der Waals surface area contributed by atoms with E-state index >= 15 is 0 Å². The Labute approximate surface area is 162 Å². The van der Waals surface area contributed by atoms with Gasteiger partial charge in [-0.3, -0.25) is 20.4 Å². The first-order chi connectivity index (χ1) is 13.1. The van der Waals surface area contributed by atoms with E-state index in [-0.39, 0.29) is 17.7 Å². The normalized spacial score (nSPS) is 11.9. The Balaban J connectivity index is 1.53. The van der Waals surface area contributed by atoms with Crippen LogP contribution in [0.5, 0.6) is 0 Å². The van der Waals surface area contributed by atoms with Crippen molar-refractivity contribution in [1.29, 1.82) is 0 Å². The standard InChI is InChI=1S/C20H22N4O2S/c1-3-13(2)18(25)23-24-19(26)15-10-8-14(9-11-15)12-27-20-21-16-6-4-5-7-17(16)22-20/h4-11,13H,3,12H2,1-2H3,(H,21,22)(H,23,25)(H,24,26). The van der Waals surface area contributed by atoms with Gasteiger partial charge in [0.1, 0.15) is 0 Å². The van der Waals surface area contributed by atoms with E-state index in [1.807, 2.05) is 50.2 Å². The van der Waals surface area contributed by atoms with Gasteiger partial charge in [0.2, 0.25) is 5.91 Å². The van der Waals surface area contributed by atoms with E-state index in [0.717, 1.165) is 33.9 Å². The summed E-state index contributed by atoms with van der Waals surface area (Å²) in [6, 6.07) is 15.2. The molecular weight excluding hydrogens is 360 g/mol. The van der Waals surface area contributed by atoms with Crippen LogP contribution < -0.4 is 10.9 Å². The van der Waals surface area contributed by atoms with Gasteiger partial charge in [-0.1, -0.05) is 49.9 Å². The summed E-state index contributed by atoms with van der Waals surface area (Å²) in [5, 5.41) is 0.866. The number of hydrazine groups is 1. The van der Waals surface area contributed by atoms with Gasteiger partial charge in [0, 0.05) is 17.2 Å². The van der Waals surface area contributed by atoms with E-state index in [9.17, 15) is 9.59 Å². The second-order valence-electron chi connectivity index (χ2n) is 6.30. The summed E-state index contributed by atoms with van der Waals surface area (Å²) in [6.45, 7) is 3.74. The summed E-state index contributed by atoms with van der Waals surface area (Å²) < 4.78 is 0. The van der Waals surface area contributed by atoms with Crippen LogP contribution in [-0.2, 0) is 10.5 Å². The lowest BCUT2D eigenvalue weighted by molar-refractivity contribution is -0.125. The van der Waals surface area contributed by atoms with Crippen molar-refractivity contribution < 1.29 is 9.59 Å². The Kier molecular flexibility index (Phi) is 6.13. The minimum atomic E-state index is -0.330. The van der Waals surface area contributed by atoms with Crippen LogP contribution in [0.15, 0.2) is 53.7 Å². The highest BCUT2D eigenvalue weighted by Crippen LogP contribution is 2.23. The highest BCUT2D eigenvalue weighted by atomic mass is 32.2. The molecule has 0 bridgehead atoms. The van der Waals surface area contributed by atoms with Crippen molar-refractivity contribution in [3.05, 3.63) is 59.7 Å². The number of thioether (sulfide) groups is 1. The summed E-state index contributed by atoms with van der Waals surface area (Å²) in [7, 11) is 0. The fraction of sp³-hybridized carbons (Fsp3) is 0.250. The first-order valence-corrected chi connectivity index (χ1v) is 9.82. The number of aromatic nitrogens is 2. The molecule has 7 heteroatoms. The van der Waals surface area contributed by atoms with Crippen molar-refractivity contribution in [3.8, 4) is 0 Å². The van der Waals surface area contributed by atoms with Crippen LogP contribution in [0.1, 0.15) is 36.2 Å². The number of amides is 2. The largest absolute Gasteiger partial charge is 0.333 e. The molecule has 6 nitrogen and oxygen atoms in total. The monoisotopic (exact) mass is 382 g/mol. The average molecular weight is 382 g/mol. The Hall–Kier alpha value is -2.80. The zero-order valence-electron chi connectivity index (χ0n) is 15.3. The summed E-state index contributed by atoms with van der Waals surface area (Å²) in [4.78, 5) is 31.6. The summed E-state index contributed by atoms with van der Waals surface area (Å²) in [5.74, 6) is 0.0859. The number of nitrogens with one attached hydrogen (secondary N) is 3. The van der Waals surface area contributed by atoms with Crippen molar-refractivity contribution in [1.82, 2.24) is 20.8 Å². The second-order valence-corrected chi connectivity index (χ2v) is 7.26. The van der Waals surface area contributed by atoms with Crippen molar-refractivity contribution in [3.63, 3.8) is 0 Å². The molecule has 0 saturated heterocycles. The van der Waals surface area contributed by atoms with Crippen LogP contribution in [0.3, 0.4) is 0 Å². The van der Waals surface area contributed by atoms with Gasteiger partial charge in [-0.25, -0.2) is 4.98 Å². The van der Waals surface area contributed by atoms with Crippen LogP contribution in [0.2, 0.25) is 0 Å². The third-order valence-corrected chi connectivity index (χ3v) is 5.26. The van der Waals surface area contributed by atoms with Crippen molar-refractivity contribution in [2.75, 3.05) is 0 Å². The molecule has 2 aromatic carbocycles. The molecule has 27 heavy (non-hydrogen) atoms. The summed E-state index contributed by atoms with van der Waals surface area (Å²) >= 11 is 1.61. The highest BCUT2D eigenvalue weighted by Gasteiger charge is 2.12. The van der Waals surface area contributed by atoms with Gasteiger partial charge >= 0.3 is 0 Å². The molecule has 3 N–H and O–H groups in total. The first kappa shape index (κ1) is 19.0. The second kappa shape index (κ2) is 8.73. The van der Waals surface area contributed by atoms with Gasteiger partial charge in [0.25, 0.3) is 5.91 Å². The number of aromatic amines is 1. The van der Waals surface area contributed by atoms with Gasteiger partial charge in [0.05, 0.1) is 11.0 Å². The van der Waals surface area contributed by atoms with Crippen molar-refractivity contribution in [2.45, 2.75) is 31.2 Å². The number of hydrogen-bond donors (Lipinski definition) is 3. The predicted octanol–water partition coefficient (Wildman–Crippen LogP) is 3.66. The number of imidazole rings is 1. The molecule has 2 amide bonds. The molecular formula is C20H22N4O2S. The maximum absolute atomic E-state index is 12.1. The third-order valence-electron chi connectivity index (χ3n) is 4.32. The quantitative estimate of drug-likeness (QED) is 0.448. The minimum Gasteiger partial charge on any atom is -0.333 e. The number of rotatable bonds is 6. The molecule has 0 aliphatic carbocycles. The molecule has 3 rings (SSSR count). The molecule has 0 spiro atoms. The lowest BCUT2D eigenvalue weighted by Gasteiger charge is -2.11. The Morgan fingerprint density at radius 2 is 1.85 bits per heavy atom. The molecule has 140 valence electrons. The van der Waals surface area contributed by atoms with Crippen LogP contribution in [0, 0.1) is 5.92 Å². The maximum atomic E-state index is 12.1. The number of H-pyrrole nitrogens is 1. The van der Waals surface area contributed by atoms with E-state index in [1.165, 1.54) is 0 Å². The van der Waals surface area contributed by atoms with Crippen LogP contribution >= 0.6 is 11.8 Å². The van der Waals surface area contributed by atoms with Crippen molar-refractivity contribution >= 4 is 34.6 Å². The molecule has 3 aromatic rings. The van der Waals surface area contributed by atoms with Crippen LogP contribution in [0.25, 0.3) is 11.0 Å². The third kappa shape index (κ3) is 4.89. The molecule has 0 aliphatic rings. The van der Waals surface area contributed by atoms with Gasteiger partial charge in [-0.2, -0.15) is 0 Å². The lowest BCUT2D eigenvalue weighted by Crippen LogP contribution is -2.43. The van der Waals surface area contributed by atoms with E-state index in [4.69, 9.17) is 0 Å². The molecule has 0 fully saturated rings. The fourth-order valence-corrected chi connectivity index (χ4v) is 3.24. The van der Waals surface area contributed by atoms with Gasteiger partial charge in [0.15, 0.2) is 5.16 Å². The highest BCUT2D eigenvalue weighted by molar-refractivity contribution is 7.98. The Morgan fingerprint density at radius 1 is 1.11 bits per heavy atom. The number of carbonyl (C=O) groups is 2. The topological polar surface area (TPSA) is 86.9 Å². The molecule has 1 unspecified atom stereocenters. The number of nitrogens with zero attached hydrogens (tertiary/aromatic N) is 1. The fourth-order valence-electron chi connectivity index (χ4n) is 2.40. The van der Waals surface area contributed by atoms with Gasteiger partial charge in [-0.15, -0.1) is 0 Å². The average Bonchev–Trinajstić information content (AvgIpc) is 3.13. The number of benzene rings is 2. The summed E-state index contributed by atoms with van der Waals surface area (Å²) in [5.41, 5.74) is 8.45. The molecule has 0 saturated carbocycles. The lowest BCUT2D eigenvalue weighted by atomic mass is 10.1. The SMILES string of the molecule is CCC(C)C(=O)NNC(=O)c1ccc(CSc2nc3ccccc3[nH]2)cc1. The number of para-hydroxylation sites is 2. The zero-order valence-corrected chi connectivity index (χ0v) is 16.1. The predicted molar refractivity (Wildman–Crippen MR) is 107 cm³/mol. The Morgan fingerprint density at radius 3 is 2.56 bits per heavy atom. The molecule has 1 heterocycles. The summed E-state index contributed by atoms with van der Waals surface area (Å²) in [6.07, 6.45) is 0.722. The zero-order chi connectivity index (χ0) is 19.2. The van der Waals surface area contributed by atoms with E-state index in [2.05, 4.69) is 20.8 Å². The van der Waals surface area contributed by atoms with Gasteiger partial charge < -0.3 is 4.98 Å². The molecule has 0 aliphatic heterocycles. The van der Waals surface area contributed by atoms with E-state index < -0.39 is 0 Å². The van der Waals surface area contributed by atoms with E-state index in [1.54, 1.807) is 23.9 Å². The van der Waals surface area contributed by atoms with Gasteiger partial charge in [-0.05, 0) is 36.2 Å². The number of fused-ring (bicyclic) bond motifs is 1. The maximum Gasteiger partial charge on any atom is 0.269 e. The number of hydrogen-bond acceptors (Lipinski definition) is 4. The molecule has 1 atom stereocenters. The van der Waals surface area contributed by atoms with Crippen molar-refractivity contribution in [2.24, 2.45) is 5.92 Å². The first-order valence-electron chi connectivity index (χ1n) is 8.83. The molecule has 0 radical (unpaired) electrons. The Bertz CT molecular complexity index is 904. The molecule has 1 aromatic heterocycles. The van der Waals surface area contributed by atoms with E-state index in [0.29, 0.717) is 5.56 Å². The van der Waals surface area contributed by atoms with Crippen LogP contribution in [-0.4, -0.2) is 21.8 Å². The smallest absolute Gasteiger partial charge is 0.269 e. The minimum absolute atomic E-state index is 0.136. The number of carbonyl (C=O) groups excluding carboxylic acids is 2.